The van der Waals surface area contributed by atoms with Crippen molar-refractivity contribution < 1.29 is 33.2 Å². The zero-order chi connectivity index (χ0) is 25.9. The molecule has 0 radical (unpaired) electrons. The summed E-state index contributed by atoms with van der Waals surface area (Å²) in [5.41, 5.74) is 2.62. The fourth-order valence-electron chi connectivity index (χ4n) is 3.42. The molecule has 1 unspecified atom stereocenters. The Balaban J connectivity index is 1.61. The molecule has 36 heavy (non-hydrogen) atoms. The Morgan fingerprint density at radius 1 is 0.944 bits per heavy atom. The number of hydrogen-bond acceptors (Lipinski definition) is 7. The lowest BCUT2D eigenvalue weighted by Crippen LogP contribution is -2.31. The van der Waals surface area contributed by atoms with Crippen LogP contribution in [0.4, 0.5) is 4.39 Å². The maximum atomic E-state index is 13.0. The van der Waals surface area contributed by atoms with Crippen LogP contribution in [-0.4, -0.2) is 51.7 Å². The van der Waals surface area contributed by atoms with Gasteiger partial charge in [-0.2, -0.15) is 0 Å². The number of hydrogen-bond donors (Lipinski definition) is 2. The highest BCUT2D eigenvalue weighted by atomic mass is 19.1. The van der Waals surface area contributed by atoms with E-state index in [4.69, 9.17) is 18.9 Å². The topological polar surface area (TPSA) is 86.3 Å². The standard InChI is InChI=1S/C28H30FNO6/c1-33-25-12-20(13-26(15-25)34-2)14-27(28(32)35-3)21-6-10-24(11-7-21)36-18-23(31)17-30-16-19-4-8-22(29)9-5-19/h4-15,23,30-31H,16-18H2,1-3H3/b27-14+. The molecule has 3 aromatic carbocycles. The van der Waals surface area contributed by atoms with E-state index in [1.807, 2.05) is 0 Å². The zero-order valence-electron chi connectivity index (χ0n) is 20.5. The van der Waals surface area contributed by atoms with Crippen LogP contribution in [0.3, 0.4) is 0 Å². The molecule has 0 fully saturated rings. The zero-order valence-corrected chi connectivity index (χ0v) is 20.5. The fourth-order valence-corrected chi connectivity index (χ4v) is 3.42. The molecule has 0 spiro atoms. The van der Waals surface area contributed by atoms with Crippen molar-refractivity contribution in [2.45, 2.75) is 12.6 Å². The van der Waals surface area contributed by atoms with Crippen molar-refractivity contribution in [3.8, 4) is 17.2 Å². The Morgan fingerprint density at radius 3 is 2.17 bits per heavy atom. The summed E-state index contributed by atoms with van der Waals surface area (Å²) in [7, 11) is 4.44. The highest BCUT2D eigenvalue weighted by Crippen LogP contribution is 2.27. The summed E-state index contributed by atoms with van der Waals surface area (Å²) in [4.78, 5) is 12.5. The van der Waals surface area contributed by atoms with Gasteiger partial charge in [0.05, 0.1) is 26.9 Å². The number of methoxy groups -OCH3 is 3. The van der Waals surface area contributed by atoms with Crippen LogP contribution in [0.15, 0.2) is 66.7 Å². The van der Waals surface area contributed by atoms with Gasteiger partial charge in [0.1, 0.15) is 35.8 Å². The Kier molecular flexibility index (Phi) is 9.85. The minimum Gasteiger partial charge on any atom is -0.497 e. The monoisotopic (exact) mass is 495 g/mol. The van der Waals surface area contributed by atoms with Crippen LogP contribution in [-0.2, 0) is 16.1 Å². The third-order valence-electron chi connectivity index (χ3n) is 5.32. The molecular weight excluding hydrogens is 465 g/mol. The predicted octanol–water partition coefficient (Wildman–Crippen LogP) is 4.09. The van der Waals surface area contributed by atoms with Crippen molar-refractivity contribution in [2.24, 2.45) is 0 Å². The maximum Gasteiger partial charge on any atom is 0.338 e. The van der Waals surface area contributed by atoms with Crippen molar-refractivity contribution in [3.63, 3.8) is 0 Å². The second-order valence-corrected chi connectivity index (χ2v) is 7.94. The molecule has 0 amide bonds. The minimum absolute atomic E-state index is 0.0824. The van der Waals surface area contributed by atoms with E-state index in [1.54, 1.807) is 74.9 Å². The minimum atomic E-state index is -0.737. The Labute approximate surface area is 210 Å². The number of halogens is 1. The van der Waals surface area contributed by atoms with Gasteiger partial charge in [0, 0.05) is 19.2 Å². The van der Waals surface area contributed by atoms with Crippen LogP contribution < -0.4 is 19.5 Å². The van der Waals surface area contributed by atoms with Gasteiger partial charge in [0.15, 0.2) is 0 Å². The van der Waals surface area contributed by atoms with Crippen LogP contribution in [0.5, 0.6) is 17.2 Å². The molecule has 3 rings (SSSR count). The van der Waals surface area contributed by atoms with Crippen LogP contribution in [0.1, 0.15) is 16.7 Å². The van der Waals surface area contributed by atoms with E-state index in [-0.39, 0.29) is 12.4 Å². The summed E-state index contributed by atoms with van der Waals surface area (Å²) in [6.07, 6.45) is 0.960. The quantitative estimate of drug-likeness (QED) is 0.222. The molecule has 2 N–H and O–H groups in total. The van der Waals surface area contributed by atoms with Gasteiger partial charge in [0.2, 0.25) is 0 Å². The van der Waals surface area contributed by atoms with Gasteiger partial charge in [0.25, 0.3) is 0 Å². The first-order chi connectivity index (χ1) is 17.4. The van der Waals surface area contributed by atoms with E-state index in [9.17, 15) is 14.3 Å². The van der Waals surface area contributed by atoms with Gasteiger partial charge in [-0.05, 0) is 59.2 Å². The summed E-state index contributed by atoms with van der Waals surface area (Å²) in [6, 6.07) is 18.4. The Bertz CT molecular complexity index is 1140. The molecule has 0 saturated carbocycles. The molecular formula is C28H30FNO6. The number of benzene rings is 3. The Hall–Kier alpha value is -3.88. The number of rotatable bonds is 12. The number of aliphatic hydroxyl groups excluding tert-OH is 1. The largest absolute Gasteiger partial charge is 0.497 e. The smallest absolute Gasteiger partial charge is 0.338 e. The first-order valence-electron chi connectivity index (χ1n) is 11.3. The van der Waals surface area contributed by atoms with Crippen molar-refractivity contribution in [2.75, 3.05) is 34.5 Å². The number of aliphatic hydroxyl groups is 1. The maximum absolute atomic E-state index is 13.0. The number of esters is 1. The van der Waals surface area contributed by atoms with Gasteiger partial charge in [-0.25, -0.2) is 9.18 Å². The third kappa shape index (κ3) is 7.83. The number of nitrogens with one attached hydrogen (secondary N) is 1. The summed E-state index contributed by atoms with van der Waals surface area (Å²) in [5, 5.41) is 13.3. The number of ether oxygens (including phenoxy) is 4. The lowest BCUT2D eigenvalue weighted by molar-refractivity contribution is -0.133. The van der Waals surface area contributed by atoms with E-state index in [0.29, 0.717) is 47.0 Å². The molecule has 0 bridgehead atoms. The van der Waals surface area contributed by atoms with Crippen LogP contribution >= 0.6 is 0 Å². The first-order valence-corrected chi connectivity index (χ1v) is 11.3. The molecule has 8 heteroatoms. The number of carbonyl (C=O) groups excluding carboxylic acids is 1. The van der Waals surface area contributed by atoms with Gasteiger partial charge in [-0.15, -0.1) is 0 Å². The van der Waals surface area contributed by atoms with Crippen LogP contribution in [0, 0.1) is 5.82 Å². The molecule has 0 heterocycles. The van der Waals surface area contributed by atoms with Crippen LogP contribution in [0.25, 0.3) is 11.6 Å². The predicted molar refractivity (Wildman–Crippen MR) is 135 cm³/mol. The first kappa shape index (κ1) is 26.7. The molecule has 3 aromatic rings. The van der Waals surface area contributed by atoms with E-state index in [1.165, 1.54) is 19.2 Å². The van der Waals surface area contributed by atoms with E-state index >= 15 is 0 Å². The van der Waals surface area contributed by atoms with E-state index in [0.717, 1.165) is 5.56 Å². The lowest BCUT2D eigenvalue weighted by atomic mass is 10.0. The summed E-state index contributed by atoms with van der Waals surface area (Å²) in [5.74, 6) is 0.961. The van der Waals surface area contributed by atoms with Crippen molar-refractivity contribution in [3.05, 3.63) is 89.2 Å². The van der Waals surface area contributed by atoms with E-state index < -0.39 is 12.1 Å². The van der Waals surface area contributed by atoms with Crippen molar-refractivity contribution in [1.82, 2.24) is 5.32 Å². The summed E-state index contributed by atoms with van der Waals surface area (Å²) >= 11 is 0. The number of carbonyl (C=O) groups is 1. The van der Waals surface area contributed by atoms with Crippen molar-refractivity contribution >= 4 is 17.6 Å². The van der Waals surface area contributed by atoms with Crippen LogP contribution in [0.2, 0.25) is 0 Å². The molecule has 0 aromatic heterocycles. The highest BCUT2D eigenvalue weighted by molar-refractivity contribution is 6.21. The van der Waals surface area contributed by atoms with Gasteiger partial charge in [-0.3, -0.25) is 0 Å². The van der Waals surface area contributed by atoms with Gasteiger partial charge >= 0.3 is 5.97 Å². The van der Waals surface area contributed by atoms with E-state index in [2.05, 4.69) is 5.32 Å². The average Bonchev–Trinajstić information content (AvgIpc) is 2.91. The molecule has 0 saturated heterocycles. The van der Waals surface area contributed by atoms with Gasteiger partial charge in [-0.1, -0.05) is 24.3 Å². The Morgan fingerprint density at radius 2 is 1.58 bits per heavy atom. The highest BCUT2D eigenvalue weighted by Gasteiger charge is 2.14. The summed E-state index contributed by atoms with van der Waals surface area (Å²) < 4.78 is 34.2. The SMILES string of the molecule is COC(=O)/C(=C/c1cc(OC)cc(OC)c1)c1ccc(OCC(O)CNCc2ccc(F)cc2)cc1. The van der Waals surface area contributed by atoms with Crippen molar-refractivity contribution in [1.29, 1.82) is 0 Å². The lowest BCUT2D eigenvalue weighted by Gasteiger charge is -2.14. The second kappa shape index (κ2) is 13.3. The third-order valence-corrected chi connectivity index (χ3v) is 5.32. The average molecular weight is 496 g/mol. The molecule has 0 aliphatic rings. The molecule has 7 nitrogen and oxygen atoms in total. The molecule has 1 atom stereocenters. The normalized spacial score (nSPS) is 12.1. The second-order valence-electron chi connectivity index (χ2n) is 7.94. The molecule has 0 aliphatic heterocycles. The fraction of sp³-hybridized carbons (Fsp3) is 0.250. The molecule has 0 aliphatic carbocycles. The van der Waals surface area contributed by atoms with Gasteiger partial charge < -0.3 is 29.4 Å². The molecule has 190 valence electrons. The summed E-state index contributed by atoms with van der Waals surface area (Å²) in [6.45, 7) is 0.904.